The van der Waals surface area contributed by atoms with E-state index in [-0.39, 0.29) is 36.6 Å². The molecule has 1 N–H and O–H groups in total. The summed E-state index contributed by atoms with van der Waals surface area (Å²) in [6.45, 7) is 0.453. The zero-order valence-corrected chi connectivity index (χ0v) is 20.7. The number of hydrogen-bond acceptors (Lipinski definition) is 3. The average molecular weight is 494 g/mol. The average Bonchev–Trinajstić information content (AvgIpc) is 2.77. The number of carbonyl (C=O) groups is 2. The monoisotopic (exact) mass is 493 g/mol. The molecule has 1 aliphatic rings. The second kappa shape index (κ2) is 10.9. The van der Waals surface area contributed by atoms with Crippen LogP contribution >= 0.6 is 11.6 Å². The van der Waals surface area contributed by atoms with Crippen LogP contribution in [-0.2, 0) is 17.9 Å². The van der Waals surface area contributed by atoms with Crippen molar-refractivity contribution in [2.45, 2.75) is 32.4 Å². The molecule has 0 unspecified atom stereocenters. The van der Waals surface area contributed by atoms with Gasteiger partial charge in [-0.1, -0.05) is 42.3 Å². The van der Waals surface area contributed by atoms with Gasteiger partial charge in [0.25, 0.3) is 5.91 Å². The Kier molecular flexibility index (Phi) is 7.71. The van der Waals surface area contributed by atoms with Gasteiger partial charge < -0.3 is 15.1 Å². The molecule has 1 saturated carbocycles. The predicted molar refractivity (Wildman–Crippen MR) is 138 cm³/mol. The molecule has 0 bridgehead atoms. The molecule has 7 heteroatoms. The molecule has 0 atom stereocenters. The Morgan fingerprint density at radius 3 is 2.43 bits per heavy atom. The Bertz CT molecular complexity index is 1230. The molecule has 1 fully saturated rings. The van der Waals surface area contributed by atoms with Crippen molar-refractivity contribution in [2.24, 2.45) is 5.92 Å². The molecule has 0 radical (unpaired) electrons. The van der Waals surface area contributed by atoms with Gasteiger partial charge in [0, 0.05) is 44.5 Å². The Balaban J connectivity index is 1.67. The van der Waals surface area contributed by atoms with Gasteiger partial charge in [-0.2, -0.15) is 0 Å². The number of nitrogens with one attached hydrogen (secondary N) is 1. The Hall–Kier alpha value is -3.38. The van der Waals surface area contributed by atoms with Crippen LogP contribution in [0.15, 0.2) is 66.7 Å². The van der Waals surface area contributed by atoms with Gasteiger partial charge in [-0.25, -0.2) is 4.39 Å². The van der Waals surface area contributed by atoms with Crippen molar-refractivity contribution in [1.29, 1.82) is 0 Å². The van der Waals surface area contributed by atoms with E-state index in [1.54, 1.807) is 41.3 Å². The second-order valence-corrected chi connectivity index (χ2v) is 9.53. The first-order chi connectivity index (χ1) is 16.8. The van der Waals surface area contributed by atoms with Crippen LogP contribution in [0.25, 0.3) is 0 Å². The summed E-state index contributed by atoms with van der Waals surface area (Å²) in [4.78, 5) is 29.7. The van der Waals surface area contributed by atoms with Gasteiger partial charge in [-0.05, 0) is 66.4 Å². The summed E-state index contributed by atoms with van der Waals surface area (Å²) in [5, 5.41) is 3.38. The van der Waals surface area contributed by atoms with Crippen LogP contribution in [0, 0.1) is 11.7 Å². The van der Waals surface area contributed by atoms with Crippen LogP contribution < -0.4 is 10.2 Å². The van der Waals surface area contributed by atoms with Crippen LogP contribution in [0.2, 0.25) is 5.02 Å². The highest BCUT2D eigenvalue weighted by Crippen LogP contribution is 2.30. The molecule has 1 aliphatic carbocycles. The lowest BCUT2D eigenvalue weighted by molar-refractivity contribution is -0.122. The van der Waals surface area contributed by atoms with Gasteiger partial charge in [0.1, 0.15) is 5.82 Å². The zero-order valence-electron chi connectivity index (χ0n) is 19.9. The molecule has 3 aromatic carbocycles. The van der Waals surface area contributed by atoms with E-state index in [1.807, 2.05) is 37.2 Å². The number of nitrogens with zero attached hydrogens (tertiary/aromatic N) is 2. The Morgan fingerprint density at radius 1 is 1.00 bits per heavy atom. The van der Waals surface area contributed by atoms with E-state index in [0.717, 1.165) is 30.5 Å². The Labute approximate surface area is 210 Å². The fourth-order valence-corrected chi connectivity index (χ4v) is 4.42. The summed E-state index contributed by atoms with van der Waals surface area (Å²) in [6, 6.07) is 18.8. The molecule has 35 heavy (non-hydrogen) atoms. The van der Waals surface area contributed by atoms with E-state index >= 15 is 0 Å². The summed E-state index contributed by atoms with van der Waals surface area (Å²) < 4.78 is 13.9. The maximum absolute atomic E-state index is 13.9. The number of rotatable bonds is 8. The summed E-state index contributed by atoms with van der Waals surface area (Å²) in [5.41, 5.74) is 3.53. The lowest BCUT2D eigenvalue weighted by Crippen LogP contribution is -2.31. The maximum Gasteiger partial charge on any atom is 0.255 e. The third-order valence-corrected chi connectivity index (χ3v) is 6.65. The van der Waals surface area contributed by atoms with Crippen molar-refractivity contribution in [3.05, 3.63) is 94.3 Å². The molecule has 3 aromatic rings. The van der Waals surface area contributed by atoms with E-state index < -0.39 is 0 Å². The summed E-state index contributed by atoms with van der Waals surface area (Å²) in [6.07, 6.45) is 2.92. The second-order valence-electron chi connectivity index (χ2n) is 9.13. The zero-order chi connectivity index (χ0) is 24.9. The van der Waals surface area contributed by atoms with Gasteiger partial charge in [0.2, 0.25) is 5.91 Å². The molecular formula is C28H29ClFN3O2. The van der Waals surface area contributed by atoms with Crippen LogP contribution in [0.4, 0.5) is 15.8 Å². The topological polar surface area (TPSA) is 52.7 Å². The van der Waals surface area contributed by atoms with Crippen LogP contribution in [0.5, 0.6) is 0 Å². The highest BCUT2D eigenvalue weighted by molar-refractivity contribution is 6.33. The normalized spacial score (nSPS) is 13.1. The largest absolute Gasteiger partial charge is 0.377 e. The molecule has 0 saturated heterocycles. The van der Waals surface area contributed by atoms with Gasteiger partial charge in [-0.3, -0.25) is 9.59 Å². The summed E-state index contributed by atoms with van der Waals surface area (Å²) >= 11 is 6.34. The van der Waals surface area contributed by atoms with Crippen molar-refractivity contribution in [2.75, 3.05) is 24.3 Å². The maximum atomic E-state index is 13.9. The molecule has 0 aromatic heterocycles. The van der Waals surface area contributed by atoms with E-state index in [1.165, 1.54) is 12.1 Å². The number of benzene rings is 3. The minimum atomic E-state index is -0.359. The SMILES string of the molecule is CN(C)c1ccc(NC(=O)C2CCC2)cc1CN(Cc1cccc(F)c1)C(=O)c1ccccc1Cl. The number of anilines is 2. The summed E-state index contributed by atoms with van der Waals surface area (Å²) in [7, 11) is 3.86. The predicted octanol–water partition coefficient (Wildman–Crippen LogP) is 6.13. The number of carbonyl (C=O) groups excluding carboxylic acids is 2. The number of halogens is 2. The minimum absolute atomic E-state index is 0.0311. The van der Waals surface area contributed by atoms with Gasteiger partial charge in [0.15, 0.2) is 0 Å². The van der Waals surface area contributed by atoms with E-state index in [4.69, 9.17) is 11.6 Å². The van der Waals surface area contributed by atoms with Crippen LogP contribution in [-0.4, -0.2) is 30.8 Å². The summed E-state index contributed by atoms with van der Waals surface area (Å²) in [5.74, 6) is -0.516. The standard InChI is InChI=1S/C28H29ClFN3O2/c1-32(2)26-14-13-23(31-27(34)20-8-6-9-20)16-21(26)18-33(17-19-7-5-10-22(30)15-19)28(35)24-11-3-4-12-25(24)29/h3-5,7,10-16,20H,6,8-9,17-18H2,1-2H3,(H,31,34). The first kappa shape index (κ1) is 24.7. The fourth-order valence-electron chi connectivity index (χ4n) is 4.21. The molecule has 0 spiro atoms. The quantitative estimate of drug-likeness (QED) is 0.411. The van der Waals surface area contributed by atoms with Gasteiger partial charge in [-0.15, -0.1) is 0 Å². The highest BCUT2D eigenvalue weighted by atomic mass is 35.5. The first-order valence-electron chi connectivity index (χ1n) is 11.7. The smallest absolute Gasteiger partial charge is 0.255 e. The van der Waals surface area contributed by atoms with Crippen LogP contribution in [0.3, 0.4) is 0 Å². The van der Waals surface area contributed by atoms with E-state index in [9.17, 15) is 14.0 Å². The Morgan fingerprint density at radius 2 is 1.77 bits per heavy atom. The molecule has 0 heterocycles. The molecule has 0 aliphatic heterocycles. The lowest BCUT2D eigenvalue weighted by atomic mass is 9.85. The first-order valence-corrected chi connectivity index (χ1v) is 12.1. The van der Waals surface area contributed by atoms with E-state index in [0.29, 0.717) is 21.8 Å². The molecule has 2 amide bonds. The molecule has 4 rings (SSSR count). The number of amides is 2. The van der Waals surface area contributed by atoms with E-state index in [2.05, 4.69) is 5.32 Å². The van der Waals surface area contributed by atoms with Gasteiger partial charge in [0.05, 0.1) is 10.6 Å². The lowest BCUT2D eigenvalue weighted by Gasteiger charge is -2.27. The number of hydrogen-bond donors (Lipinski definition) is 1. The minimum Gasteiger partial charge on any atom is -0.377 e. The van der Waals surface area contributed by atoms with Crippen molar-refractivity contribution in [1.82, 2.24) is 4.90 Å². The highest BCUT2D eigenvalue weighted by Gasteiger charge is 2.26. The molecule has 5 nitrogen and oxygen atoms in total. The van der Waals surface area contributed by atoms with Crippen molar-refractivity contribution in [3.63, 3.8) is 0 Å². The fraction of sp³-hybridized carbons (Fsp3) is 0.286. The van der Waals surface area contributed by atoms with Gasteiger partial charge >= 0.3 is 0 Å². The third-order valence-electron chi connectivity index (χ3n) is 6.32. The van der Waals surface area contributed by atoms with Crippen molar-refractivity contribution >= 4 is 34.8 Å². The molecule has 182 valence electrons. The third kappa shape index (κ3) is 6.01. The van der Waals surface area contributed by atoms with Crippen molar-refractivity contribution in [3.8, 4) is 0 Å². The van der Waals surface area contributed by atoms with Crippen molar-refractivity contribution < 1.29 is 14.0 Å². The van der Waals surface area contributed by atoms with Crippen LogP contribution in [0.1, 0.15) is 40.7 Å². The molecular weight excluding hydrogens is 465 g/mol.